The summed E-state index contributed by atoms with van der Waals surface area (Å²) in [7, 11) is 3.62. The van der Waals surface area contributed by atoms with Crippen molar-refractivity contribution < 1.29 is 28.8 Å². The number of rotatable bonds is 9. The van der Waals surface area contributed by atoms with Gasteiger partial charge in [-0.15, -0.1) is 0 Å². The molecule has 3 aromatic carbocycles. The number of piperidine rings is 2. The van der Waals surface area contributed by atoms with Gasteiger partial charge in [-0.2, -0.15) is 5.10 Å². The normalized spacial score (nSPS) is 21.1. The van der Waals surface area contributed by atoms with Crippen molar-refractivity contribution in [1.82, 2.24) is 34.7 Å². The predicted octanol–water partition coefficient (Wildman–Crippen LogP) is 2.95. The van der Waals surface area contributed by atoms with Crippen molar-refractivity contribution >= 4 is 58.4 Å². The number of hydrogen-bond acceptors (Lipinski definition) is 11. The third-order valence-electron chi connectivity index (χ3n) is 11.7. The zero-order chi connectivity index (χ0) is 42.2. The summed E-state index contributed by atoms with van der Waals surface area (Å²) >= 11 is 6.31. The van der Waals surface area contributed by atoms with Gasteiger partial charge in [-0.3, -0.25) is 48.7 Å². The standard InChI is InChI=1S/C43H44ClN9O7/c1-49-23-29(20-30(24-49)46-33-21-45-50(2)43(60)37(33)44)26-10-12-28(13-11-26)40(57)52-18-16-51(17-19-52)22-25-6-8-27(9-7-25)38(55)47-32-5-3-4-31-36(32)42(59)53(41(31)58)34-14-15-35(54)48-39(34)56/h3-13,21,29-30,34,46H,14-20,22-24H2,1-2H3,(H,47,55)(H,48,54,56)/t29-,30+,34?/m0/s1. The van der Waals surface area contributed by atoms with Crippen molar-refractivity contribution in [2.75, 3.05) is 56.9 Å². The summed E-state index contributed by atoms with van der Waals surface area (Å²) in [5.41, 5.74) is 3.53. The van der Waals surface area contributed by atoms with E-state index < -0.39 is 35.6 Å². The number of piperazine rings is 1. The maximum absolute atomic E-state index is 13.5. The number of carbonyl (C=O) groups is 6. The van der Waals surface area contributed by atoms with E-state index in [4.69, 9.17) is 11.6 Å². The fraction of sp³-hybridized carbons (Fsp3) is 0.349. The van der Waals surface area contributed by atoms with E-state index in [9.17, 15) is 33.6 Å². The maximum atomic E-state index is 13.5. The number of aromatic nitrogens is 2. The zero-order valence-electron chi connectivity index (χ0n) is 33.2. The molecule has 3 saturated heterocycles. The Kier molecular flexibility index (Phi) is 11.3. The minimum atomic E-state index is -1.11. The van der Waals surface area contributed by atoms with Gasteiger partial charge in [0.25, 0.3) is 29.2 Å². The molecule has 4 aromatic rings. The molecule has 0 spiro atoms. The molecule has 4 aliphatic rings. The van der Waals surface area contributed by atoms with Crippen molar-refractivity contribution in [3.8, 4) is 0 Å². The Bertz CT molecular complexity index is 2450. The van der Waals surface area contributed by atoms with Crippen molar-refractivity contribution in [3.05, 3.63) is 122 Å². The van der Waals surface area contributed by atoms with Crippen LogP contribution in [-0.4, -0.2) is 123 Å². The molecule has 60 heavy (non-hydrogen) atoms. The van der Waals surface area contributed by atoms with Crippen LogP contribution < -0.4 is 21.5 Å². The van der Waals surface area contributed by atoms with E-state index in [0.717, 1.165) is 35.5 Å². The number of imide groups is 2. The highest BCUT2D eigenvalue weighted by molar-refractivity contribution is 6.33. The van der Waals surface area contributed by atoms with Gasteiger partial charge in [0.2, 0.25) is 11.8 Å². The van der Waals surface area contributed by atoms with E-state index in [-0.39, 0.29) is 58.1 Å². The molecule has 6 amide bonds. The van der Waals surface area contributed by atoms with Gasteiger partial charge >= 0.3 is 0 Å². The van der Waals surface area contributed by atoms with Crippen LogP contribution in [0.1, 0.15) is 77.7 Å². The smallest absolute Gasteiger partial charge is 0.287 e. The minimum absolute atomic E-state index is 0.00568. The number of fused-ring (bicyclic) bond motifs is 1. The van der Waals surface area contributed by atoms with Crippen LogP contribution in [0.4, 0.5) is 11.4 Å². The molecule has 0 saturated carbocycles. The number of carbonyl (C=O) groups excluding carboxylic acids is 6. The lowest BCUT2D eigenvalue weighted by molar-refractivity contribution is -0.136. The van der Waals surface area contributed by atoms with E-state index in [2.05, 4.69) is 37.9 Å². The van der Waals surface area contributed by atoms with Crippen LogP contribution in [-0.2, 0) is 23.2 Å². The fourth-order valence-electron chi connectivity index (χ4n) is 8.52. The van der Waals surface area contributed by atoms with Crippen molar-refractivity contribution in [3.63, 3.8) is 0 Å². The second kappa shape index (κ2) is 16.8. The van der Waals surface area contributed by atoms with Crippen LogP contribution in [0.5, 0.6) is 0 Å². The second-order valence-electron chi connectivity index (χ2n) is 15.8. The van der Waals surface area contributed by atoms with Gasteiger partial charge in [0.05, 0.1) is 28.7 Å². The first-order chi connectivity index (χ1) is 28.8. The van der Waals surface area contributed by atoms with Crippen molar-refractivity contribution in [2.45, 2.75) is 43.8 Å². The Morgan fingerprint density at radius 3 is 2.28 bits per heavy atom. The summed E-state index contributed by atoms with van der Waals surface area (Å²) in [6, 6.07) is 18.5. The summed E-state index contributed by atoms with van der Waals surface area (Å²) < 4.78 is 1.21. The lowest BCUT2D eigenvalue weighted by atomic mass is 9.87. The number of likely N-dealkylation sites (N-methyl/N-ethyl adjacent to an activating group) is 1. The number of halogens is 1. The first-order valence-corrected chi connectivity index (χ1v) is 20.3. The van der Waals surface area contributed by atoms with Crippen LogP contribution in [0.15, 0.2) is 77.7 Å². The largest absolute Gasteiger partial charge is 0.378 e. The number of likely N-dealkylation sites (tertiary alicyclic amines) is 1. The molecule has 3 N–H and O–H groups in total. The number of nitrogens with one attached hydrogen (secondary N) is 3. The first kappa shape index (κ1) is 40.5. The highest BCUT2D eigenvalue weighted by atomic mass is 35.5. The van der Waals surface area contributed by atoms with Gasteiger partial charge in [0, 0.05) is 76.5 Å². The second-order valence-corrected chi connectivity index (χ2v) is 16.2. The lowest BCUT2D eigenvalue weighted by Crippen LogP contribution is -2.54. The van der Waals surface area contributed by atoms with E-state index >= 15 is 0 Å². The average Bonchev–Trinajstić information content (AvgIpc) is 3.50. The number of amides is 6. The highest BCUT2D eigenvalue weighted by Crippen LogP contribution is 2.33. The van der Waals surface area contributed by atoms with Crippen LogP contribution in [0.2, 0.25) is 5.02 Å². The lowest BCUT2D eigenvalue weighted by Gasteiger charge is -2.37. The van der Waals surface area contributed by atoms with Gasteiger partial charge in [-0.1, -0.05) is 41.9 Å². The summed E-state index contributed by atoms with van der Waals surface area (Å²) in [5, 5.41) is 12.6. The van der Waals surface area contributed by atoms with Crippen molar-refractivity contribution in [2.24, 2.45) is 7.05 Å². The molecule has 0 aliphatic carbocycles. The molecule has 1 aromatic heterocycles. The number of aryl methyl sites for hydroxylation is 1. The summed E-state index contributed by atoms with van der Waals surface area (Å²) in [5.74, 6) is -2.78. The van der Waals surface area contributed by atoms with Crippen molar-refractivity contribution in [1.29, 1.82) is 0 Å². The molecule has 0 radical (unpaired) electrons. The van der Waals surface area contributed by atoms with Crippen LogP contribution in [0.25, 0.3) is 0 Å². The average molecular weight is 834 g/mol. The van der Waals surface area contributed by atoms with Gasteiger partial charge in [0.15, 0.2) is 0 Å². The molecule has 1 unspecified atom stereocenters. The zero-order valence-corrected chi connectivity index (χ0v) is 33.9. The quantitative estimate of drug-likeness (QED) is 0.211. The molecule has 0 bridgehead atoms. The summed E-state index contributed by atoms with van der Waals surface area (Å²) in [6.07, 6.45) is 2.45. The molecular weight excluding hydrogens is 790 g/mol. The maximum Gasteiger partial charge on any atom is 0.287 e. The van der Waals surface area contributed by atoms with E-state index in [1.54, 1.807) is 31.4 Å². The molecule has 16 nitrogen and oxygen atoms in total. The molecule has 3 fully saturated rings. The molecule has 17 heteroatoms. The van der Waals surface area contributed by atoms with Crippen LogP contribution in [0.3, 0.4) is 0 Å². The highest BCUT2D eigenvalue weighted by Gasteiger charge is 2.45. The number of anilines is 2. The molecule has 5 heterocycles. The molecule has 8 rings (SSSR count). The molecule has 3 atom stereocenters. The predicted molar refractivity (Wildman–Crippen MR) is 222 cm³/mol. The summed E-state index contributed by atoms with van der Waals surface area (Å²) in [4.78, 5) is 97.1. The molecule has 4 aliphatic heterocycles. The van der Waals surface area contributed by atoms with E-state index in [0.29, 0.717) is 49.5 Å². The number of benzene rings is 3. The van der Waals surface area contributed by atoms with Gasteiger partial charge < -0.3 is 20.4 Å². The third kappa shape index (κ3) is 8.17. The van der Waals surface area contributed by atoms with Crippen LogP contribution >= 0.6 is 11.6 Å². The van der Waals surface area contributed by atoms with Gasteiger partial charge in [0.1, 0.15) is 11.1 Å². The number of hydrogen-bond donors (Lipinski definition) is 3. The van der Waals surface area contributed by atoms with E-state index in [1.807, 2.05) is 41.3 Å². The molecule has 310 valence electrons. The Hall–Kier alpha value is -6.23. The fourth-order valence-corrected chi connectivity index (χ4v) is 8.75. The van der Waals surface area contributed by atoms with Gasteiger partial charge in [-0.05, 0) is 73.3 Å². The topological polar surface area (TPSA) is 186 Å². The molecular formula is C43H44ClN9O7. The Labute approximate surface area is 350 Å². The summed E-state index contributed by atoms with van der Waals surface area (Å²) in [6.45, 7) is 4.80. The number of nitrogens with zero attached hydrogens (tertiary/aromatic N) is 6. The Morgan fingerprint density at radius 2 is 1.57 bits per heavy atom. The minimum Gasteiger partial charge on any atom is -0.378 e. The van der Waals surface area contributed by atoms with Gasteiger partial charge in [-0.25, -0.2) is 4.68 Å². The van der Waals surface area contributed by atoms with Crippen LogP contribution in [0, 0.1) is 0 Å². The first-order valence-electron chi connectivity index (χ1n) is 19.9. The third-order valence-corrected chi connectivity index (χ3v) is 12.1. The Balaban J connectivity index is 0.824. The van der Waals surface area contributed by atoms with E-state index in [1.165, 1.54) is 16.8 Å². The Morgan fingerprint density at radius 1 is 0.850 bits per heavy atom. The SMILES string of the molecule is CN1C[C@H](Nc2cnn(C)c(=O)c2Cl)C[C@H](c2ccc(C(=O)N3CCN(Cc4ccc(C(=O)Nc5cccc6c5C(=O)N(C5CCC(=O)NC5=O)C6=O)cc4)CC3)cc2)C1. The monoisotopic (exact) mass is 833 g/mol.